The number of hydrogen-bond acceptors (Lipinski definition) is 4. The number of ether oxygens (including phenoxy) is 2. The first-order valence-corrected chi connectivity index (χ1v) is 5.32. The van der Waals surface area contributed by atoms with Crippen LogP contribution in [0.5, 0.6) is 11.5 Å². The van der Waals surface area contributed by atoms with E-state index in [0.717, 1.165) is 0 Å². The molecular weight excluding hydrogens is 220 g/mol. The number of benzene rings is 1. The van der Waals surface area contributed by atoms with Crippen LogP contribution in [0, 0.1) is 0 Å². The van der Waals surface area contributed by atoms with Crippen molar-refractivity contribution in [3.05, 3.63) is 23.8 Å². The number of hydrogen-bond donors (Lipinski definition) is 1. The molecule has 0 fully saturated rings. The zero-order valence-electron chi connectivity index (χ0n) is 10.4. The minimum atomic E-state index is -0.162. The molecule has 94 valence electrons. The van der Waals surface area contributed by atoms with Crippen LogP contribution in [0.3, 0.4) is 0 Å². The summed E-state index contributed by atoms with van der Waals surface area (Å²) >= 11 is 0. The van der Waals surface area contributed by atoms with Gasteiger partial charge in [-0.3, -0.25) is 4.79 Å². The van der Waals surface area contributed by atoms with Crippen molar-refractivity contribution in [3.63, 3.8) is 0 Å². The summed E-state index contributed by atoms with van der Waals surface area (Å²) in [6.07, 6.45) is 0. The molecule has 0 aliphatic carbocycles. The first-order valence-electron chi connectivity index (χ1n) is 5.32. The highest BCUT2D eigenvalue weighted by Gasteiger charge is 2.20. The van der Waals surface area contributed by atoms with Crippen LogP contribution in [0.4, 0.5) is 0 Å². The molecule has 1 amide bonds. The van der Waals surface area contributed by atoms with Gasteiger partial charge in [-0.1, -0.05) is 6.07 Å². The summed E-state index contributed by atoms with van der Waals surface area (Å²) in [5.41, 5.74) is 5.85. The van der Waals surface area contributed by atoms with E-state index in [1.54, 1.807) is 30.1 Å². The highest BCUT2D eigenvalue weighted by molar-refractivity contribution is 5.99. The molecule has 5 nitrogen and oxygen atoms in total. The number of nitrogens with zero attached hydrogens (tertiary/aromatic N) is 1. The van der Waals surface area contributed by atoms with Gasteiger partial charge >= 0.3 is 0 Å². The normalized spacial score (nSPS) is 9.88. The molecule has 0 radical (unpaired) electrons. The quantitative estimate of drug-likeness (QED) is 0.821. The van der Waals surface area contributed by atoms with Crippen molar-refractivity contribution in [2.24, 2.45) is 5.73 Å². The van der Waals surface area contributed by atoms with E-state index in [9.17, 15) is 4.79 Å². The monoisotopic (exact) mass is 238 g/mol. The molecule has 1 rings (SSSR count). The lowest BCUT2D eigenvalue weighted by atomic mass is 10.1. The van der Waals surface area contributed by atoms with Crippen LogP contribution in [0.1, 0.15) is 10.4 Å². The summed E-state index contributed by atoms with van der Waals surface area (Å²) in [4.78, 5) is 13.7. The summed E-state index contributed by atoms with van der Waals surface area (Å²) in [5, 5.41) is 0. The third kappa shape index (κ3) is 2.88. The maximum Gasteiger partial charge on any atom is 0.261 e. The molecule has 0 spiro atoms. The SMILES string of the molecule is COc1cccc(OC)c1C(=O)N(C)CCN. The number of amides is 1. The molecule has 0 saturated heterocycles. The zero-order chi connectivity index (χ0) is 12.8. The van der Waals surface area contributed by atoms with Gasteiger partial charge in [0.25, 0.3) is 5.91 Å². The average molecular weight is 238 g/mol. The zero-order valence-corrected chi connectivity index (χ0v) is 10.4. The van der Waals surface area contributed by atoms with Gasteiger partial charge in [-0.15, -0.1) is 0 Å². The summed E-state index contributed by atoms with van der Waals surface area (Å²) in [6.45, 7) is 0.903. The number of carbonyl (C=O) groups excluding carboxylic acids is 1. The fourth-order valence-electron chi connectivity index (χ4n) is 1.55. The largest absolute Gasteiger partial charge is 0.496 e. The number of rotatable bonds is 5. The molecule has 0 bridgehead atoms. The molecule has 0 aliphatic rings. The fraction of sp³-hybridized carbons (Fsp3) is 0.417. The van der Waals surface area contributed by atoms with Gasteiger partial charge in [-0.2, -0.15) is 0 Å². The maximum atomic E-state index is 12.2. The maximum absolute atomic E-state index is 12.2. The van der Waals surface area contributed by atoms with Crippen LogP contribution in [-0.2, 0) is 0 Å². The van der Waals surface area contributed by atoms with Crippen LogP contribution in [0.2, 0.25) is 0 Å². The van der Waals surface area contributed by atoms with Crippen LogP contribution in [0.25, 0.3) is 0 Å². The lowest BCUT2D eigenvalue weighted by Gasteiger charge is -2.19. The van der Waals surface area contributed by atoms with Crippen LogP contribution in [0.15, 0.2) is 18.2 Å². The second-order valence-corrected chi connectivity index (χ2v) is 3.55. The number of methoxy groups -OCH3 is 2. The highest BCUT2D eigenvalue weighted by atomic mass is 16.5. The Hall–Kier alpha value is -1.75. The van der Waals surface area contributed by atoms with Crippen molar-refractivity contribution in [2.45, 2.75) is 0 Å². The minimum Gasteiger partial charge on any atom is -0.496 e. The van der Waals surface area contributed by atoms with Gasteiger partial charge in [0.1, 0.15) is 17.1 Å². The number of carbonyl (C=O) groups is 1. The molecule has 0 heterocycles. The fourth-order valence-corrected chi connectivity index (χ4v) is 1.55. The smallest absolute Gasteiger partial charge is 0.261 e. The minimum absolute atomic E-state index is 0.162. The molecular formula is C12H18N2O3. The Balaban J connectivity index is 3.13. The van der Waals surface area contributed by atoms with Gasteiger partial charge in [0.15, 0.2) is 0 Å². The molecule has 0 unspecified atom stereocenters. The van der Waals surface area contributed by atoms with Crippen molar-refractivity contribution < 1.29 is 14.3 Å². The number of likely N-dealkylation sites (N-methyl/N-ethyl adjacent to an activating group) is 1. The van der Waals surface area contributed by atoms with Crippen LogP contribution < -0.4 is 15.2 Å². The molecule has 17 heavy (non-hydrogen) atoms. The lowest BCUT2D eigenvalue weighted by molar-refractivity contribution is 0.0792. The Kier molecular flexibility index (Phi) is 4.78. The Morgan fingerprint density at radius 2 is 1.82 bits per heavy atom. The van der Waals surface area contributed by atoms with Crippen molar-refractivity contribution in [3.8, 4) is 11.5 Å². The second-order valence-electron chi connectivity index (χ2n) is 3.55. The Bertz CT molecular complexity index is 371. The summed E-state index contributed by atoms with van der Waals surface area (Å²) < 4.78 is 10.4. The van der Waals surface area contributed by atoms with Gasteiger partial charge in [0.2, 0.25) is 0 Å². The molecule has 1 aromatic carbocycles. The van der Waals surface area contributed by atoms with Crippen LogP contribution >= 0.6 is 0 Å². The third-order valence-corrected chi connectivity index (χ3v) is 2.45. The standard InChI is InChI=1S/C12H18N2O3/c1-14(8-7-13)12(15)11-9(16-2)5-4-6-10(11)17-3/h4-6H,7-8,13H2,1-3H3. The van der Waals surface area contributed by atoms with Crippen LogP contribution in [-0.4, -0.2) is 45.2 Å². The van der Waals surface area contributed by atoms with Gasteiger partial charge in [-0.25, -0.2) is 0 Å². The van der Waals surface area contributed by atoms with E-state index in [1.807, 2.05) is 0 Å². The predicted octanol–water partition coefficient (Wildman–Crippen LogP) is 0.734. The van der Waals surface area contributed by atoms with Crippen molar-refractivity contribution in [1.82, 2.24) is 4.90 Å². The lowest BCUT2D eigenvalue weighted by Crippen LogP contribution is -2.32. The number of nitrogens with two attached hydrogens (primary N) is 1. The third-order valence-electron chi connectivity index (χ3n) is 2.45. The van der Waals surface area contributed by atoms with E-state index in [-0.39, 0.29) is 5.91 Å². The molecule has 0 aliphatic heterocycles. The molecule has 0 saturated carbocycles. The Morgan fingerprint density at radius 3 is 2.24 bits per heavy atom. The van der Waals surface area contributed by atoms with E-state index in [1.165, 1.54) is 14.2 Å². The molecule has 2 N–H and O–H groups in total. The topological polar surface area (TPSA) is 64.8 Å². The molecule has 5 heteroatoms. The predicted molar refractivity (Wildman–Crippen MR) is 65.6 cm³/mol. The second kappa shape index (κ2) is 6.10. The first kappa shape index (κ1) is 13.3. The summed E-state index contributed by atoms with van der Waals surface area (Å²) in [5.74, 6) is 0.834. The van der Waals surface area contributed by atoms with Gasteiger partial charge in [0, 0.05) is 20.1 Å². The van der Waals surface area contributed by atoms with Crippen molar-refractivity contribution in [1.29, 1.82) is 0 Å². The van der Waals surface area contributed by atoms with E-state index >= 15 is 0 Å². The van der Waals surface area contributed by atoms with E-state index in [0.29, 0.717) is 30.2 Å². The Morgan fingerprint density at radius 1 is 1.29 bits per heavy atom. The van der Waals surface area contributed by atoms with Gasteiger partial charge < -0.3 is 20.1 Å². The molecule has 0 atom stereocenters. The molecule has 1 aromatic rings. The first-order chi connectivity index (χ1) is 8.15. The van der Waals surface area contributed by atoms with Gasteiger partial charge in [0.05, 0.1) is 14.2 Å². The van der Waals surface area contributed by atoms with E-state index in [2.05, 4.69) is 0 Å². The van der Waals surface area contributed by atoms with Crippen molar-refractivity contribution >= 4 is 5.91 Å². The summed E-state index contributed by atoms with van der Waals surface area (Å²) in [7, 11) is 4.74. The van der Waals surface area contributed by atoms with Gasteiger partial charge in [-0.05, 0) is 12.1 Å². The van der Waals surface area contributed by atoms with E-state index in [4.69, 9.17) is 15.2 Å². The Labute approximate surface area is 101 Å². The van der Waals surface area contributed by atoms with Crippen molar-refractivity contribution in [2.75, 3.05) is 34.4 Å². The summed E-state index contributed by atoms with van der Waals surface area (Å²) in [6, 6.07) is 5.23. The van der Waals surface area contributed by atoms with E-state index < -0.39 is 0 Å². The molecule has 0 aromatic heterocycles. The average Bonchev–Trinajstić information content (AvgIpc) is 2.37. The highest BCUT2D eigenvalue weighted by Crippen LogP contribution is 2.29.